The summed E-state index contributed by atoms with van der Waals surface area (Å²) in [5.41, 5.74) is 1.06. The zero-order valence-corrected chi connectivity index (χ0v) is 12.6. The molecule has 1 amide bonds. The highest BCUT2D eigenvalue weighted by atomic mass is 32.1. The largest absolute Gasteiger partial charge is 0.372 e. The average Bonchev–Trinajstić information content (AvgIpc) is 2.87. The van der Waals surface area contributed by atoms with E-state index in [9.17, 15) is 4.79 Å². The van der Waals surface area contributed by atoms with Crippen molar-refractivity contribution in [2.24, 2.45) is 0 Å². The number of thiazole rings is 1. The van der Waals surface area contributed by atoms with Crippen LogP contribution < -0.4 is 4.90 Å². The topological polar surface area (TPSA) is 45.7 Å². The summed E-state index contributed by atoms with van der Waals surface area (Å²) in [4.78, 5) is 20.8. The number of nitrogens with zero attached hydrogens (tertiary/aromatic N) is 3. The maximum atomic E-state index is 12.2. The molecule has 19 heavy (non-hydrogen) atoms. The smallest absolute Gasteiger partial charge is 0.251 e. The molecule has 0 N–H and O–H groups in total. The second kappa shape index (κ2) is 6.34. The van der Waals surface area contributed by atoms with Gasteiger partial charge < -0.3 is 14.5 Å². The number of ether oxygens (including phenoxy) is 1. The molecule has 0 spiro atoms. The van der Waals surface area contributed by atoms with Crippen molar-refractivity contribution in [3.05, 3.63) is 11.1 Å². The van der Waals surface area contributed by atoms with Gasteiger partial charge in [0.2, 0.25) is 0 Å². The van der Waals surface area contributed by atoms with Crippen LogP contribution in [0.3, 0.4) is 0 Å². The van der Waals surface area contributed by atoms with Gasteiger partial charge in [-0.3, -0.25) is 4.79 Å². The minimum atomic E-state index is -0.298. The van der Waals surface area contributed by atoms with Crippen LogP contribution in [-0.4, -0.2) is 55.2 Å². The first-order valence-corrected chi connectivity index (χ1v) is 7.52. The van der Waals surface area contributed by atoms with Crippen molar-refractivity contribution in [2.45, 2.75) is 26.4 Å². The van der Waals surface area contributed by atoms with Crippen LogP contribution in [0.5, 0.6) is 0 Å². The molecule has 1 aliphatic heterocycles. The van der Waals surface area contributed by atoms with Crippen LogP contribution >= 0.6 is 11.3 Å². The molecular weight excluding hydrogens is 262 g/mol. The van der Waals surface area contributed by atoms with E-state index < -0.39 is 0 Å². The Hall–Kier alpha value is -1.14. The van der Waals surface area contributed by atoms with E-state index in [0.717, 1.165) is 43.4 Å². The number of amides is 1. The zero-order valence-electron chi connectivity index (χ0n) is 11.8. The van der Waals surface area contributed by atoms with Crippen LogP contribution in [-0.2, 0) is 9.53 Å². The Bertz CT molecular complexity index is 423. The molecule has 1 aromatic heterocycles. The third-order valence-electron chi connectivity index (χ3n) is 3.40. The third-order valence-corrected chi connectivity index (χ3v) is 4.42. The molecule has 5 nitrogen and oxygen atoms in total. The Kier molecular flexibility index (Phi) is 4.76. The molecular formula is C13H21N3O2S. The Labute approximate surface area is 118 Å². The van der Waals surface area contributed by atoms with Gasteiger partial charge in [0.05, 0.1) is 5.69 Å². The van der Waals surface area contributed by atoms with Gasteiger partial charge in [0.25, 0.3) is 5.91 Å². The van der Waals surface area contributed by atoms with Crippen LogP contribution in [0.1, 0.15) is 19.0 Å². The number of hydrogen-bond acceptors (Lipinski definition) is 5. The molecule has 1 aromatic rings. The Balaban J connectivity index is 1.90. The summed E-state index contributed by atoms with van der Waals surface area (Å²) in [6.45, 7) is 7.16. The number of piperazine rings is 1. The SMILES string of the molecule is CC[C@H](OC)C(=O)N1CCN(c2nc(C)cs2)CC1. The highest BCUT2D eigenvalue weighted by molar-refractivity contribution is 7.13. The van der Waals surface area contributed by atoms with Gasteiger partial charge in [0, 0.05) is 38.7 Å². The molecule has 0 unspecified atom stereocenters. The minimum Gasteiger partial charge on any atom is -0.372 e. The monoisotopic (exact) mass is 283 g/mol. The molecule has 2 rings (SSSR count). The first-order valence-electron chi connectivity index (χ1n) is 6.64. The Morgan fingerprint density at radius 1 is 1.47 bits per heavy atom. The summed E-state index contributed by atoms with van der Waals surface area (Å²) >= 11 is 1.67. The van der Waals surface area contributed by atoms with Gasteiger partial charge in [-0.2, -0.15) is 0 Å². The number of carbonyl (C=O) groups is 1. The predicted octanol–water partition coefficient (Wildman–Crippen LogP) is 1.53. The summed E-state index contributed by atoms with van der Waals surface area (Å²) in [5.74, 6) is 0.111. The van der Waals surface area contributed by atoms with Gasteiger partial charge >= 0.3 is 0 Å². The van der Waals surface area contributed by atoms with E-state index >= 15 is 0 Å². The average molecular weight is 283 g/mol. The molecule has 1 aliphatic rings. The quantitative estimate of drug-likeness (QED) is 0.840. The fourth-order valence-electron chi connectivity index (χ4n) is 2.25. The second-order valence-corrected chi connectivity index (χ2v) is 5.55. The minimum absolute atomic E-state index is 0.111. The van der Waals surface area contributed by atoms with Crippen molar-refractivity contribution >= 4 is 22.4 Å². The van der Waals surface area contributed by atoms with Gasteiger partial charge in [-0.15, -0.1) is 11.3 Å². The maximum Gasteiger partial charge on any atom is 0.251 e. The lowest BCUT2D eigenvalue weighted by molar-refractivity contribution is -0.142. The van der Waals surface area contributed by atoms with Gasteiger partial charge in [-0.05, 0) is 13.3 Å². The van der Waals surface area contributed by atoms with Crippen molar-refractivity contribution < 1.29 is 9.53 Å². The highest BCUT2D eigenvalue weighted by Crippen LogP contribution is 2.21. The third kappa shape index (κ3) is 3.25. The molecule has 1 saturated heterocycles. The second-order valence-electron chi connectivity index (χ2n) is 4.72. The molecule has 0 aliphatic carbocycles. The summed E-state index contributed by atoms with van der Waals surface area (Å²) in [6.07, 6.45) is 0.426. The lowest BCUT2D eigenvalue weighted by atomic mass is 10.2. The Morgan fingerprint density at radius 2 is 2.16 bits per heavy atom. The van der Waals surface area contributed by atoms with Crippen molar-refractivity contribution in [3.8, 4) is 0 Å². The highest BCUT2D eigenvalue weighted by Gasteiger charge is 2.27. The number of rotatable bonds is 4. The number of anilines is 1. The first kappa shape index (κ1) is 14.3. The molecule has 0 bridgehead atoms. The summed E-state index contributed by atoms with van der Waals surface area (Å²) in [6, 6.07) is 0. The lowest BCUT2D eigenvalue weighted by Crippen LogP contribution is -2.51. The maximum absolute atomic E-state index is 12.2. The molecule has 1 atom stereocenters. The number of carbonyl (C=O) groups excluding carboxylic acids is 1. The fraction of sp³-hybridized carbons (Fsp3) is 0.692. The predicted molar refractivity (Wildman–Crippen MR) is 76.7 cm³/mol. The van der Waals surface area contributed by atoms with Gasteiger partial charge in [0.15, 0.2) is 5.13 Å². The number of methoxy groups -OCH3 is 1. The lowest BCUT2D eigenvalue weighted by Gasteiger charge is -2.35. The van der Waals surface area contributed by atoms with E-state index in [1.165, 1.54) is 0 Å². The van der Waals surface area contributed by atoms with Crippen molar-refractivity contribution in [3.63, 3.8) is 0 Å². The van der Waals surface area contributed by atoms with Crippen molar-refractivity contribution in [1.29, 1.82) is 0 Å². The summed E-state index contributed by atoms with van der Waals surface area (Å²) in [5, 5.41) is 3.12. The van der Waals surface area contributed by atoms with Gasteiger partial charge in [-0.1, -0.05) is 6.92 Å². The van der Waals surface area contributed by atoms with Crippen LogP contribution in [0.25, 0.3) is 0 Å². The molecule has 2 heterocycles. The first-order chi connectivity index (χ1) is 9.15. The van der Waals surface area contributed by atoms with Crippen molar-refractivity contribution in [2.75, 3.05) is 38.2 Å². The van der Waals surface area contributed by atoms with E-state index in [2.05, 4.69) is 15.3 Å². The summed E-state index contributed by atoms with van der Waals surface area (Å²) in [7, 11) is 1.60. The number of aryl methyl sites for hydroxylation is 1. The van der Waals surface area contributed by atoms with E-state index in [-0.39, 0.29) is 12.0 Å². The molecule has 0 saturated carbocycles. The van der Waals surface area contributed by atoms with Crippen LogP contribution in [0.2, 0.25) is 0 Å². The van der Waals surface area contributed by atoms with E-state index in [4.69, 9.17) is 4.74 Å². The number of aromatic nitrogens is 1. The molecule has 0 aromatic carbocycles. The van der Waals surface area contributed by atoms with E-state index in [1.54, 1.807) is 18.4 Å². The standard InChI is InChI=1S/C13H21N3O2S/c1-4-11(18-3)12(17)15-5-7-16(8-6-15)13-14-10(2)9-19-13/h9,11H,4-8H2,1-3H3/t11-/m0/s1. The van der Waals surface area contributed by atoms with E-state index in [0.29, 0.717) is 0 Å². The molecule has 0 radical (unpaired) electrons. The number of hydrogen-bond donors (Lipinski definition) is 0. The van der Waals surface area contributed by atoms with Gasteiger partial charge in [0.1, 0.15) is 6.10 Å². The van der Waals surface area contributed by atoms with E-state index in [1.807, 2.05) is 18.7 Å². The molecule has 1 fully saturated rings. The van der Waals surface area contributed by atoms with Crippen LogP contribution in [0.4, 0.5) is 5.13 Å². The van der Waals surface area contributed by atoms with Crippen LogP contribution in [0.15, 0.2) is 5.38 Å². The zero-order chi connectivity index (χ0) is 13.8. The van der Waals surface area contributed by atoms with Crippen molar-refractivity contribution in [1.82, 2.24) is 9.88 Å². The fourth-order valence-corrected chi connectivity index (χ4v) is 3.11. The van der Waals surface area contributed by atoms with Gasteiger partial charge in [-0.25, -0.2) is 4.98 Å². The molecule has 106 valence electrons. The Morgan fingerprint density at radius 3 is 2.63 bits per heavy atom. The molecule has 6 heteroatoms. The van der Waals surface area contributed by atoms with Crippen LogP contribution in [0, 0.1) is 6.92 Å². The summed E-state index contributed by atoms with van der Waals surface area (Å²) < 4.78 is 5.21. The normalized spacial score (nSPS) is 17.6.